The van der Waals surface area contributed by atoms with Gasteiger partial charge in [-0.25, -0.2) is 0 Å². The van der Waals surface area contributed by atoms with E-state index in [1.54, 1.807) is 7.05 Å². The lowest BCUT2D eigenvalue weighted by Crippen LogP contribution is -2.33. The number of alkyl halides is 3. The minimum Gasteiger partial charge on any atom is -0.316 e. The van der Waals surface area contributed by atoms with Crippen molar-refractivity contribution >= 4 is 0 Å². The third-order valence-corrected chi connectivity index (χ3v) is 3.95. The van der Waals surface area contributed by atoms with E-state index in [1.807, 2.05) is 16.9 Å². The molecule has 1 heterocycles. The highest BCUT2D eigenvalue weighted by Crippen LogP contribution is 2.28. The first kappa shape index (κ1) is 15.4. The van der Waals surface area contributed by atoms with Crippen molar-refractivity contribution in [3.8, 4) is 0 Å². The molecule has 0 aliphatic heterocycles. The summed E-state index contributed by atoms with van der Waals surface area (Å²) in [6.07, 6.45) is 3.22. The number of rotatable bonds is 5. The molecule has 114 valence electrons. The first-order valence-electron chi connectivity index (χ1n) is 7.26. The zero-order valence-corrected chi connectivity index (χ0v) is 11.8. The molecule has 1 aliphatic carbocycles. The monoisotopic (exact) mass is 289 g/mol. The van der Waals surface area contributed by atoms with E-state index in [2.05, 4.69) is 10.4 Å². The molecule has 6 heteroatoms. The molecule has 1 saturated carbocycles. The smallest absolute Gasteiger partial charge is 0.316 e. The van der Waals surface area contributed by atoms with Gasteiger partial charge in [0.15, 0.2) is 0 Å². The number of aromatic nitrogens is 2. The Morgan fingerprint density at radius 3 is 2.65 bits per heavy atom. The lowest BCUT2D eigenvalue weighted by Gasteiger charge is -2.22. The summed E-state index contributed by atoms with van der Waals surface area (Å²) in [4.78, 5) is 0. The van der Waals surface area contributed by atoms with Gasteiger partial charge in [-0.2, -0.15) is 18.3 Å². The second kappa shape index (κ2) is 6.61. The molecule has 1 aromatic heterocycles. The van der Waals surface area contributed by atoms with Crippen molar-refractivity contribution in [3.63, 3.8) is 0 Å². The van der Waals surface area contributed by atoms with Crippen LogP contribution in [0.4, 0.5) is 13.2 Å². The fourth-order valence-electron chi connectivity index (χ4n) is 2.84. The van der Waals surface area contributed by atoms with E-state index < -0.39 is 18.6 Å². The Bertz CT molecular complexity index is 408. The van der Waals surface area contributed by atoms with Crippen molar-refractivity contribution in [1.82, 2.24) is 15.1 Å². The fraction of sp³-hybridized carbons (Fsp3) is 0.786. The lowest BCUT2D eigenvalue weighted by atomic mass is 9.96. The molecule has 0 bridgehead atoms. The van der Waals surface area contributed by atoms with Crippen LogP contribution in [0.15, 0.2) is 12.3 Å². The molecule has 1 aliphatic rings. The number of nitrogens with zero attached hydrogens (tertiary/aromatic N) is 2. The number of hydrogen-bond acceptors (Lipinski definition) is 2. The van der Waals surface area contributed by atoms with E-state index in [0.717, 1.165) is 18.5 Å². The van der Waals surface area contributed by atoms with Crippen molar-refractivity contribution in [2.45, 2.75) is 63.2 Å². The van der Waals surface area contributed by atoms with Crippen LogP contribution in [0.3, 0.4) is 0 Å². The summed E-state index contributed by atoms with van der Waals surface area (Å²) in [5.41, 5.74) is 0.735. The Hall–Kier alpha value is -1.04. The molecule has 0 amide bonds. The Labute approximate surface area is 117 Å². The highest BCUT2D eigenvalue weighted by atomic mass is 19.4. The SMILES string of the molecule is CNC(Cc1ccn(C2CCCCC2)n1)CC(F)(F)F. The predicted molar refractivity (Wildman–Crippen MR) is 71.6 cm³/mol. The zero-order valence-electron chi connectivity index (χ0n) is 11.8. The van der Waals surface area contributed by atoms with Crippen molar-refractivity contribution in [2.75, 3.05) is 7.05 Å². The molecule has 1 fully saturated rings. The second-order valence-corrected chi connectivity index (χ2v) is 5.59. The van der Waals surface area contributed by atoms with E-state index in [-0.39, 0.29) is 0 Å². The maximum Gasteiger partial charge on any atom is 0.390 e. The van der Waals surface area contributed by atoms with Crippen LogP contribution in [0.2, 0.25) is 0 Å². The summed E-state index contributed by atoms with van der Waals surface area (Å²) in [6.45, 7) is 0. The number of hydrogen-bond donors (Lipinski definition) is 1. The minimum atomic E-state index is -4.14. The Morgan fingerprint density at radius 1 is 1.35 bits per heavy atom. The molecule has 3 nitrogen and oxygen atoms in total. The minimum absolute atomic E-state index is 0.315. The van der Waals surface area contributed by atoms with Gasteiger partial charge in [0.1, 0.15) is 0 Å². The molecule has 2 rings (SSSR count). The van der Waals surface area contributed by atoms with Crippen molar-refractivity contribution in [1.29, 1.82) is 0 Å². The third kappa shape index (κ3) is 4.51. The van der Waals surface area contributed by atoms with E-state index in [0.29, 0.717) is 12.5 Å². The van der Waals surface area contributed by atoms with Gasteiger partial charge in [0.25, 0.3) is 0 Å². The Morgan fingerprint density at radius 2 is 2.05 bits per heavy atom. The first-order valence-corrected chi connectivity index (χ1v) is 7.26. The highest BCUT2D eigenvalue weighted by Gasteiger charge is 2.31. The molecule has 20 heavy (non-hydrogen) atoms. The van der Waals surface area contributed by atoms with Crippen molar-refractivity contribution < 1.29 is 13.2 Å². The molecular formula is C14H22F3N3. The summed E-state index contributed by atoms with van der Waals surface area (Å²) in [5, 5.41) is 7.19. The van der Waals surface area contributed by atoms with E-state index >= 15 is 0 Å². The molecular weight excluding hydrogens is 267 g/mol. The van der Waals surface area contributed by atoms with E-state index in [9.17, 15) is 13.2 Å². The largest absolute Gasteiger partial charge is 0.390 e. The predicted octanol–water partition coefficient (Wildman–Crippen LogP) is 3.47. The summed E-state index contributed by atoms with van der Waals surface area (Å²) in [6, 6.07) is 1.66. The van der Waals surface area contributed by atoms with Crippen LogP contribution in [0.25, 0.3) is 0 Å². The van der Waals surface area contributed by atoms with Gasteiger partial charge < -0.3 is 5.32 Å². The Balaban J connectivity index is 1.94. The molecule has 1 N–H and O–H groups in total. The zero-order chi connectivity index (χ0) is 14.6. The van der Waals surface area contributed by atoms with Crippen LogP contribution >= 0.6 is 0 Å². The van der Waals surface area contributed by atoms with Crippen LogP contribution in [0, 0.1) is 0 Å². The summed E-state index contributed by atoms with van der Waals surface area (Å²) in [5.74, 6) is 0. The normalized spacial score (nSPS) is 19.2. The quantitative estimate of drug-likeness (QED) is 0.899. The topological polar surface area (TPSA) is 29.9 Å². The maximum atomic E-state index is 12.4. The molecule has 0 radical (unpaired) electrons. The average Bonchev–Trinajstić information content (AvgIpc) is 2.86. The van der Waals surface area contributed by atoms with Crippen LogP contribution in [0.1, 0.15) is 50.3 Å². The first-order chi connectivity index (χ1) is 9.48. The average molecular weight is 289 g/mol. The van der Waals surface area contributed by atoms with Gasteiger partial charge in [-0.15, -0.1) is 0 Å². The van der Waals surface area contributed by atoms with Gasteiger partial charge in [-0.3, -0.25) is 4.68 Å². The Kier molecular flexibility index (Phi) is 5.07. The maximum absolute atomic E-state index is 12.4. The number of nitrogens with one attached hydrogen (secondary N) is 1. The van der Waals surface area contributed by atoms with Gasteiger partial charge in [-0.05, 0) is 26.0 Å². The molecule has 1 atom stereocenters. The van der Waals surface area contributed by atoms with Crippen LogP contribution in [-0.2, 0) is 6.42 Å². The summed E-state index contributed by atoms with van der Waals surface area (Å²) < 4.78 is 39.2. The molecule has 0 aromatic carbocycles. The molecule has 0 spiro atoms. The van der Waals surface area contributed by atoms with Gasteiger partial charge >= 0.3 is 6.18 Å². The molecule has 0 saturated heterocycles. The summed E-state index contributed by atoms with van der Waals surface area (Å²) in [7, 11) is 1.56. The third-order valence-electron chi connectivity index (χ3n) is 3.95. The van der Waals surface area contributed by atoms with Crippen molar-refractivity contribution in [2.24, 2.45) is 0 Å². The van der Waals surface area contributed by atoms with Gasteiger partial charge in [0.05, 0.1) is 18.2 Å². The van der Waals surface area contributed by atoms with E-state index in [4.69, 9.17) is 0 Å². The fourth-order valence-corrected chi connectivity index (χ4v) is 2.84. The van der Waals surface area contributed by atoms with Gasteiger partial charge in [0, 0.05) is 18.7 Å². The van der Waals surface area contributed by atoms with Gasteiger partial charge in [-0.1, -0.05) is 19.3 Å². The van der Waals surface area contributed by atoms with Crippen LogP contribution < -0.4 is 5.32 Å². The van der Waals surface area contributed by atoms with Crippen LogP contribution in [0.5, 0.6) is 0 Å². The highest BCUT2D eigenvalue weighted by molar-refractivity contribution is 5.02. The molecule has 1 aromatic rings. The van der Waals surface area contributed by atoms with Gasteiger partial charge in [0.2, 0.25) is 0 Å². The van der Waals surface area contributed by atoms with E-state index in [1.165, 1.54) is 19.3 Å². The van der Waals surface area contributed by atoms with Crippen LogP contribution in [-0.4, -0.2) is 29.0 Å². The summed E-state index contributed by atoms with van der Waals surface area (Å²) >= 11 is 0. The number of likely N-dealkylation sites (N-methyl/N-ethyl adjacent to an activating group) is 1. The second-order valence-electron chi connectivity index (χ2n) is 5.59. The van der Waals surface area contributed by atoms with Crippen molar-refractivity contribution in [3.05, 3.63) is 18.0 Å². The standard InChI is InChI=1S/C14H22F3N3/c1-18-12(10-14(15,16)17)9-11-7-8-20(19-11)13-5-3-2-4-6-13/h7-8,12-13,18H,2-6,9-10H2,1H3. The molecule has 1 unspecified atom stereocenters. The number of halogens is 3. The lowest BCUT2D eigenvalue weighted by molar-refractivity contribution is -0.139.